The Labute approximate surface area is 148 Å². The molecule has 1 aliphatic heterocycles. The summed E-state index contributed by atoms with van der Waals surface area (Å²) >= 11 is 0. The van der Waals surface area contributed by atoms with Gasteiger partial charge in [0, 0.05) is 24.2 Å². The second-order valence-electron chi connectivity index (χ2n) is 6.90. The predicted molar refractivity (Wildman–Crippen MR) is 98.0 cm³/mol. The highest BCUT2D eigenvalue weighted by Gasteiger charge is 2.38. The van der Waals surface area contributed by atoms with Gasteiger partial charge in [-0.1, -0.05) is 36.8 Å². The number of benzene rings is 1. The topological polar surface area (TPSA) is 66.1 Å². The quantitative estimate of drug-likeness (QED) is 0.934. The Hall–Kier alpha value is -2.43. The van der Waals surface area contributed by atoms with Gasteiger partial charge in [0.1, 0.15) is 0 Å². The van der Waals surface area contributed by atoms with E-state index in [4.69, 9.17) is 0 Å². The van der Waals surface area contributed by atoms with Crippen LogP contribution in [0.5, 0.6) is 0 Å². The molecule has 0 spiro atoms. The van der Waals surface area contributed by atoms with Gasteiger partial charge in [-0.15, -0.1) is 0 Å². The number of hydrogen-bond donors (Lipinski definition) is 1. The molecule has 1 fully saturated rings. The van der Waals surface area contributed by atoms with Gasteiger partial charge in [0.25, 0.3) is 11.5 Å². The Kier molecular flexibility index (Phi) is 4.75. The van der Waals surface area contributed by atoms with E-state index >= 15 is 0 Å². The van der Waals surface area contributed by atoms with Gasteiger partial charge in [-0.05, 0) is 39.2 Å². The van der Waals surface area contributed by atoms with Crippen LogP contribution in [0.1, 0.15) is 58.7 Å². The fourth-order valence-electron chi connectivity index (χ4n) is 3.72. The third-order valence-electron chi connectivity index (χ3n) is 5.27. The molecule has 5 nitrogen and oxygen atoms in total. The number of aromatic amines is 1. The van der Waals surface area contributed by atoms with Crippen LogP contribution in [-0.4, -0.2) is 33.4 Å². The second kappa shape index (κ2) is 6.82. The monoisotopic (exact) mass is 339 g/mol. The van der Waals surface area contributed by atoms with Gasteiger partial charge in [0.15, 0.2) is 5.69 Å². The fourth-order valence-corrected chi connectivity index (χ4v) is 3.72. The van der Waals surface area contributed by atoms with E-state index in [9.17, 15) is 9.59 Å². The van der Waals surface area contributed by atoms with E-state index in [1.54, 1.807) is 13.8 Å². The van der Waals surface area contributed by atoms with E-state index in [2.05, 4.69) is 48.1 Å². The van der Waals surface area contributed by atoms with Crippen LogP contribution in [0.4, 0.5) is 0 Å². The number of hydrogen-bond acceptors (Lipinski definition) is 3. The Morgan fingerprint density at radius 1 is 1.24 bits per heavy atom. The zero-order chi connectivity index (χ0) is 18.1. The molecule has 1 saturated heterocycles. The Balaban J connectivity index is 1.90. The first-order valence-electron chi connectivity index (χ1n) is 8.87. The number of nitrogens with one attached hydrogen (secondary N) is 1. The predicted octanol–water partition coefficient (Wildman–Crippen LogP) is 3.10. The molecular formula is C20H25N3O2. The summed E-state index contributed by atoms with van der Waals surface area (Å²) in [6.45, 7) is 8.41. The molecule has 0 aliphatic carbocycles. The Bertz CT molecular complexity index is 839. The van der Waals surface area contributed by atoms with E-state index in [0.717, 1.165) is 12.8 Å². The van der Waals surface area contributed by atoms with Crippen LogP contribution in [0.2, 0.25) is 0 Å². The van der Waals surface area contributed by atoms with Crippen LogP contribution in [0.15, 0.2) is 29.1 Å². The lowest BCUT2D eigenvalue weighted by Crippen LogP contribution is -2.40. The van der Waals surface area contributed by atoms with Gasteiger partial charge in [0.2, 0.25) is 0 Å². The minimum absolute atomic E-state index is 0.00565. The first-order valence-corrected chi connectivity index (χ1v) is 8.87. The summed E-state index contributed by atoms with van der Waals surface area (Å²) < 4.78 is 0. The number of carbonyl (C=O) groups is 1. The van der Waals surface area contributed by atoms with Gasteiger partial charge in [-0.3, -0.25) is 9.59 Å². The maximum atomic E-state index is 13.0. The van der Waals surface area contributed by atoms with E-state index < -0.39 is 5.56 Å². The smallest absolute Gasteiger partial charge is 0.279 e. The molecule has 2 aromatic rings. The minimum Gasteiger partial charge on any atom is -0.334 e. The molecule has 5 heteroatoms. The molecule has 1 N–H and O–H groups in total. The highest BCUT2D eigenvalue weighted by Crippen LogP contribution is 2.35. The highest BCUT2D eigenvalue weighted by molar-refractivity contribution is 5.92. The van der Waals surface area contributed by atoms with Gasteiger partial charge >= 0.3 is 0 Å². The van der Waals surface area contributed by atoms with Crippen LogP contribution in [0, 0.1) is 20.8 Å². The lowest BCUT2D eigenvalue weighted by atomic mass is 9.90. The zero-order valence-electron chi connectivity index (χ0n) is 15.3. The Morgan fingerprint density at radius 3 is 2.56 bits per heavy atom. The standard InChI is InChI=1S/C20H25N3O2/c1-5-17-16(15-8-6-12(2)7-9-15)10-11-23(17)20(25)18-19(24)22-14(4)13(3)21-18/h6-9,16-17H,5,10-11H2,1-4H3,(H,22,24). The van der Waals surface area contributed by atoms with Crippen molar-refractivity contribution in [2.45, 2.75) is 52.5 Å². The number of aromatic nitrogens is 2. The molecule has 1 aromatic carbocycles. The lowest BCUT2D eigenvalue weighted by Gasteiger charge is -2.27. The first-order chi connectivity index (χ1) is 11.9. The summed E-state index contributed by atoms with van der Waals surface area (Å²) in [5, 5.41) is 0. The second-order valence-corrected chi connectivity index (χ2v) is 6.90. The summed E-state index contributed by atoms with van der Waals surface area (Å²) in [6, 6.07) is 8.62. The number of nitrogens with zero attached hydrogens (tertiary/aromatic N) is 2. The average molecular weight is 339 g/mol. The highest BCUT2D eigenvalue weighted by atomic mass is 16.2. The molecule has 1 aromatic heterocycles. The molecule has 2 atom stereocenters. The van der Waals surface area contributed by atoms with Crippen molar-refractivity contribution in [2.75, 3.05) is 6.54 Å². The zero-order valence-corrected chi connectivity index (χ0v) is 15.3. The van der Waals surface area contributed by atoms with Crippen LogP contribution in [0.3, 0.4) is 0 Å². The molecule has 1 amide bonds. The van der Waals surface area contributed by atoms with Crippen LogP contribution >= 0.6 is 0 Å². The molecule has 2 heterocycles. The largest absolute Gasteiger partial charge is 0.334 e. The van der Waals surface area contributed by atoms with Crippen LogP contribution in [-0.2, 0) is 0 Å². The summed E-state index contributed by atoms with van der Waals surface area (Å²) in [4.78, 5) is 34.0. The molecule has 0 bridgehead atoms. The van der Waals surface area contributed by atoms with Crippen molar-refractivity contribution in [3.8, 4) is 0 Å². The number of amides is 1. The number of likely N-dealkylation sites (tertiary alicyclic amines) is 1. The van der Waals surface area contributed by atoms with E-state index in [1.807, 2.05) is 4.90 Å². The maximum absolute atomic E-state index is 13.0. The van der Waals surface area contributed by atoms with Gasteiger partial charge in [-0.2, -0.15) is 0 Å². The first kappa shape index (κ1) is 17.4. The summed E-state index contributed by atoms with van der Waals surface area (Å²) in [5.41, 5.74) is 3.48. The molecular weight excluding hydrogens is 314 g/mol. The number of carbonyl (C=O) groups excluding carboxylic acids is 1. The van der Waals surface area contributed by atoms with Gasteiger partial charge in [0.05, 0.1) is 5.69 Å². The van der Waals surface area contributed by atoms with Crippen LogP contribution < -0.4 is 5.56 Å². The van der Waals surface area contributed by atoms with Gasteiger partial charge in [-0.25, -0.2) is 4.98 Å². The summed E-state index contributed by atoms with van der Waals surface area (Å²) in [5.74, 6) is 0.0472. The van der Waals surface area contributed by atoms with E-state index in [1.165, 1.54) is 11.1 Å². The molecule has 0 radical (unpaired) electrons. The third-order valence-corrected chi connectivity index (χ3v) is 5.27. The number of rotatable bonds is 3. The summed E-state index contributed by atoms with van der Waals surface area (Å²) in [7, 11) is 0. The SMILES string of the molecule is CCC1C(c2ccc(C)cc2)CCN1C(=O)c1nc(C)c(C)[nH]c1=O. The summed E-state index contributed by atoms with van der Waals surface area (Å²) in [6.07, 6.45) is 1.77. The van der Waals surface area contributed by atoms with Crippen molar-refractivity contribution in [3.05, 3.63) is 62.8 Å². The van der Waals surface area contributed by atoms with Crippen molar-refractivity contribution < 1.29 is 4.79 Å². The molecule has 0 saturated carbocycles. The van der Waals surface area contributed by atoms with Crippen LogP contribution in [0.25, 0.3) is 0 Å². The lowest BCUT2D eigenvalue weighted by molar-refractivity contribution is 0.0719. The fraction of sp³-hybridized carbons (Fsp3) is 0.450. The minimum atomic E-state index is -0.401. The van der Waals surface area contributed by atoms with E-state index in [0.29, 0.717) is 23.9 Å². The average Bonchev–Trinajstić information content (AvgIpc) is 3.02. The molecule has 132 valence electrons. The normalized spacial score (nSPS) is 20.1. The molecule has 2 unspecified atom stereocenters. The Morgan fingerprint density at radius 2 is 1.92 bits per heavy atom. The molecule has 1 aliphatic rings. The van der Waals surface area contributed by atoms with Crippen molar-refractivity contribution in [2.24, 2.45) is 0 Å². The van der Waals surface area contributed by atoms with E-state index in [-0.39, 0.29) is 17.6 Å². The van der Waals surface area contributed by atoms with Crippen molar-refractivity contribution in [1.82, 2.24) is 14.9 Å². The van der Waals surface area contributed by atoms with Crippen molar-refractivity contribution in [1.29, 1.82) is 0 Å². The van der Waals surface area contributed by atoms with Crippen molar-refractivity contribution >= 4 is 5.91 Å². The van der Waals surface area contributed by atoms with Crippen molar-refractivity contribution in [3.63, 3.8) is 0 Å². The number of H-pyrrole nitrogens is 1. The number of aryl methyl sites for hydroxylation is 3. The molecule has 3 rings (SSSR count). The molecule has 25 heavy (non-hydrogen) atoms. The maximum Gasteiger partial charge on any atom is 0.279 e. The third kappa shape index (κ3) is 3.23. The van der Waals surface area contributed by atoms with Gasteiger partial charge < -0.3 is 9.88 Å².